The molecule has 11 heavy (non-hydrogen) atoms. The van der Waals surface area contributed by atoms with Crippen LogP contribution in [0.3, 0.4) is 0 Å². The highest BCUT2D eigenvalue weighted by atomic mass is 32.2. The number of hydrogen-bond acceptors (Lipinski definition) is 2. The number of rotatable bonds is 2. The van der Waals surface area contributed by atoms with E-state index in [4.69, 9.17) is 0 Å². The summed E-state index contributed by atoms with van der Waals surface area (Å²) >= 11 is 2.10. The summed E-state index contributed by atoms with van der Waals surface area (Å²) in [7, 11) is 0. The van der Waals surface area contributed by atoms with E-state index >= 15 is 0 Å². The van der Waals surface area contributed by atoms with Crippen molar-refractivity contribution in [3.05, 3.63) is 0 Å². The Hall–Kier alpha value is 0.310. The van der Waals surface area contributed by atoms with E-state index < -0.39 is 0 Å². The highest BCUT2D eigenvalue weighted by Crippen LogP contribution is 2.30. The maximum Gasteiger partial charge on any atom is 0.0279 e. The molecule has 0 amide bonds. The second kappa shape index (κ2) is 3.36. The second-order valence-electron chi connectivity index (χ2n) is 3.63. The molecule has 0 aromatic rings. The van der Waals surface area contributed by atoms with Crippen molar-refractivity contribution in [2.75, 3.05) is 18.1 Å². The summed E-state index contributed by atoms with van der Waals surface area (Å²) in [5.74, 6) is 2.80. The van der Waals surface area contributed by atoms with Gasteiger partial charge in [0, 0.05) is 23.6 Å². The zero-order valence-corrected chi connectivity index (χ0v) is 8.07. The van der Waals surface area contributed by atoms with Crippen LogP contribution >= 0.6 is 11.8 Å². The molecule has 0 aromatic heterocycles. The lowest BCUT2D eigenvalue weighted by Crippen LogP contribution is -2.46. The summed E-state index contributed by atoms with van der Waals surface area (Å²) < 4.78 is 0. The highest BCUT2D eigenvalue weighted by molar-refractivity contribution is 8.00. The third-order valence-electron chi connectivity index (χ3n) is 2.98. The molecule has 0 saturated carbocycles. The second-order valence-corrected chi connectivity index (χ2v) is 4.71. The summed E-state index contributed by atoms with van der Waals surface area (Å²) in [6.07, 6.45) is 4.26. The third kappa shape index (κ3) is 1.43. The average Bonchev–Trinajstić information content (AvgIpc) is 2.32. The molecule has 2 heteroatoms. The topological polar surface area (TPSA) is 3.24 Å². The van der Waals surface area contributed by atoms with E-state index in [1.165, 1.54) is 37.3 Å². The molecule has 2 fully saturated rings. The van der Waals surface area contributed by atoms with Crippen molar-refractivity contribution in [2.45, 2.75) is 38.3 Å². The minimum atomic E-state index is 0.931. The molecule has 2 aliphatic heterocycles. The first-order chi connectivity index (χ1) is 5.42. The molecule has 2 aliphatic rings. The molecule has 1 nitrogen and oxygen atoms in total. The van der Waals surface area contributed by atoms with Crippen molar-refractivity contribution in [1.82, 2.24) is 4.90 Å². The van der Waals surface area contributed by atoms with E-state index in [0.717, 1.165) is 12.1 Å². The molecule has 0 aliphatic carbocycles. The quantitative estimate of drug-likeness (QED) is 0.625. The van der Waals surface area contributed by atoms with Crippen LogP contribution in [-0.2, 0) is 0 Å². The van der Waals surface area contributed by atoms with E-state index in [0.29, 0.717) is 0 Å². The molecule has 0 N–H and O–H groups in total. The molecule has 2 heterocycles. The van der Waals surface area contributed by atoms with Gasteiger partial charge in [0.05, 0.1) is 0 Å². The molecule has 2 saturated heterocycles. The molecule has 0 spiro atoms. The molecule has 0 radical (unpaired) electrons. The molecule has 1 atom stereocenters. The minimum absolute atomic E-state index is 0.931. The van der Waals surface area contributed by atoms with Gasteiger partial charge in [0.2, 0.25) is 0 Å². The molecule has 2 rings (SSSR count). The van der Waals surface area contributed by atoms with Gasteiger partial charge in [-0.2, -0.15) is 11.8 Å². The van der Waals surface area contributed by atoms with Gasteiger partial charge in [-0.1, -0.05) is 6.92 Å². The third-order valence-corrected chi connectivity index (χ3v) is 4.22. The van der Waals surface area contributed by atoms with Crippen molar-refractivity contribution < 1.29 is 0 Å². The lowest BCUT2D eigenvalue weighted by molar-refractivity contribution is 0.198. The fraction of sp³-hybridized carbons (Fsp3) is 1.00. The normalized spacial score (nSPS) is 34.1. The lowest BCUT2D eigenvalue weighted by Gasteiger charge is -2.37. The van der Waals surface area contributed by atoms with Crippen LogP contribution in [0, 0.1) is 0 Å². The van der Waals surface area contributed by atoms with Crippen molar-refractivity contribution >= 4 is 11.8 Å². The Morgan fingerprint density at radius 2 is 2.27 bits per heavy atom. The summed E-state index contributed by atoms with van der Waals surface area (Å²) in [6.45, 7) is 3.71. The van der Waals surface area contributed by atoms with E-state index in [1.54, 1.807) is 0 Å². The Kier molecular flexibility index (Phi) is 2.42. The van der Waals surface area contributed by atoms with Crippen LogP contribution in [0.5, 0.6) is 0 Å². The fourth-order valence-corrected chi connectivity index (χ4v) is 3.02. The predicted octanol–water partition coefficient (Wildman–Crippen LogP) is 1.98. The van der Waals surface area contributed by atoms with Gasteiger partial charge in [-0.3, -0.25) is 4.90 Å². The van der Waals surface area contributed by atoms with Crippen molar-refractivity contribution in [3.8, 4) is 0 Å². The fourth-order valence-electron chi connectivity index (χ4n) is 2.19. The number of likely N-dealkylation sites (tertiary alicyclic amines) is 1. The smallest absolute Gasteiger partial charge is 0.0279 e. The number of thioether (sulfide) groups is 1. The van der Waals surface area contributed by atoms with E-state index in [1.807, 2.05) is 0 Å². The maximum absolute atomic E-state index is 2.75. The summed E-state index contributed by atoms with van der Waals surface area (Å²) in [4.78, 5) is 2.75. The SMILES string of the molecule is CC[C@@H]1CCCN1C1CSC1. The van der Waals surface area contributed by atoms with Gasteiger partial charge in [0.1, 0.15) is 0 Å². The van der Waals surface area contributed by atoms with Crippen LogP contribution in [0.1, 0.15) is 26.2 Å². The Morgan fingerprint density at radius 1 is 1.45 bits per heavy atom. The largest absolute Gasteiger partial charge is 0.296 e. The van der Waals surface area contributed by atoms with Crippen LogP contribution < -0.4 is 0 Å². The summed E-state index contributed by atoms with van der Waals surface area (Å²) in [6, 6.07) is 1.88. The van der Waals surface area contributed by atoms with Crippen molar-refractivity contribution in [2.24, 2.45) is 0 Å². The Morgan fingerprint density at radius 3 is 2.82 bits per heavy atom. The number of hydrogen-bond donors (Lipinski definition) is 0. The van der Waals surface area contributed by atoms with Gasteiger partial charge in [0.15, 0.2) is 0 Å². The zero-order chi connectivity index (χ0) is 7.68. The number of nitrogens with zero attached hydrogens (tertiary/aromatic N) is 1. The first-order valence-electron chi connectivity index (χ1n) is 4.75. The minimum Gasteiger partial charge on any atom is -0.296 e. The summed E-state index contributed by atoms with van der Waals surface area (Å²) in [5.41, 5.74) is 0. The van der Waals surface area contributed by atoms with Crippen LogP contribution in [0.4, 0.5) is 0 Å². The van der Waals surface area contributed by atoms with Gasteiger partial charge in [-0.15, -0.1) is 0 Å². The first-order valence-corrected chi connectivity index (χ1v) is 5.90. The predicted molar refractivity (Wildman–Crippen MR) is 51.1 cm³/mol. The zero-order valence-electron chi connectivity index (χ0n) is 7.25. The van der Waals surface area contributed by atoms with Gasteiger partial charge in [0.25, 0.3) is 0 Å². The average molecular weight is 171 g/mol. The van der Waals surface area contributed by atoms with Crippen LogP contribution in [0.25, 0.3) is 0 Å². The van der Waals surface area contributed by atoms with Crippen LogP contribution in [0.2, 0.25) is 0 Å². The Balaban J connectivity index is 1.89. The van der Waals surface area contributed by atoms with Crippen molar-refractivity contribution in [1.29, 1.82) is 0 Å². The Bertz CT molecular complexity index is 134. The molecular formula is C9H17NS. The van der Waals surface area contributed by atoms with Gasteiger partial charge in [-0.25, -0.2) is 0 Å². The maximum atomic E-state index is 2.75. The van der Waals surface area contributed by atoms with Crippen LogP contribution in [0.15, 0.2) is 0 Å². The molecule has 0 unspecified atom stereocenters. The van der Waals surface area contributed by atoms with Gasteiger partial charge < -0.3 is 0 Å². The van der Waals surface area contributed by atoms with E-state index in [9.17, 15) is 0 Å². The lowest BCUT2D eigenvalue weighted by atomic mass is 10.1. The van der Waals surface area contributed by atoms with E-state index in [-0.39, 0.29) is 0 Å². The molecule has 64 valence electrons. The molecule has 0 aromatic carbocycles. The first kappa shape index (κ1) is 7.93. The van der Waals surface area contributed by atoms with Gasteiger partial charge in [-0.05, 0) is 25.8 Å². The summed E-state index contributed by atoms with van der Waals surface area (Å²) in [5, 5.41) is 0. The highest BCUT2D eigenvalue weighted by Gasteiger charge is 2.32. The van der Waals surface area contributed by atoms with E-state index in [2.05, 4.69) is 23.6 Å². The monoisotopic (exact) mass is 171 g/mol. The van der Waals surface area contributed by atoms with Gasteiger partial charge >= 0.3 is 0 Å². The molecule has 0 bridgehead atoms. The Labute approximate surface area is 73.5 Å². The standard InChI is InChI=1S/C9H17NS/c1-2-8-4-3-5-10(8)9-6-11-7-9/h8-9H,2-7H2,1H3/t8-/m1/s1. The van der Waals surface area contributed by atoms with Crippen LogP contribution in [-0.4, -0.2) is 35.0 Å². The van der Waals surface area contributed by atoms with Crippen molar-refractivity contribution in [3.63, 3.8) is 0 Å². The molecular weight excluding hydrogens is 154 g/mol.